The SMILES string of the molecule is CCCC(C)n1c(CCl)nc2cnc3ccccc3c21. The monoisotopic (exact) mass is 287 g/mol. The number of rotatable bonds is 4. The number of alkyl halides is 1. The minimum atomic E-state index is 0.393. The first-order valence-electron chi connectivity index (χ1n) is 7.06. The third-order valence-corrected chi connectivity index (χ3v) is 4.00. The molecule has 0 bridgehead atoms. The molecule has 3 rings (SSSR count). The Kier molecular flexibility index (Phi) is 3.62. The summed E-state index contributed by atoms with van der Waals surface area (Å²) >= 11 is 6.10. The molecule has 3 nitrogen and oxygen atoms in total. The lowest BCUT2D eigenvalue weighted by Crippen LogP contribution is -2.08. The number of hydrogen-bond acceptors (Lipinski definition) is 2. The second kappa shape index (κ2) is 5.41. The van der Waals surface area contributed by atoms with Gasteiger partial charge in [0, 0.05) is 11.4 Å². The van der Waals surface area contributed by atoms with E-state index in [0.717, 1.165) is 40.6 Å². The quantitative estimate of drug-likeness (QED) is 0.652. The first-order valence-corrected chi connectivity index (χ1v) is 7.60. The third kappa shape index (κ3) is 2.06. The van der Waals surface area contributed by atoms with E-state index in [4.69, 9.17) is 11.6 Å². The Bertz CT molecular complexity index is 748. The van der Waals surface area contributed by atoms with E-state index in [1.165, 1.54) is 0 Å². The maximum absolute atomic E-state index is 6.10. The highest BCUT2D eigenvalue weighted by Gasteiger charge is 2.17. The van der Waals surface area contributed by atoms with Gasteiger partial charge in [0.15, 0.2) is 0 Å². The van der Waals surface area contributed by atoms with Gasteiger partial charge in [0.2, 0.25) is 0 Å². The minimum absolute atomic E-state index is 0.393. The predicted molar refractivity (Wildman–Crippen MR) is 84.2 cm³/mol. The van der Waals surface area contributed by atoms with Gasteiger partial charge in [0.25, 0.3) is 0 Å². The van der Waals surface area contributed by atoms with Gasteiger partial charge in [-0.1, -0.05) is 31.5 Å². The Morgan fingerprint density at radius 3 is 2.80 bits per heavy atom. The van der Waals surface area contributed by atoms with Crippen molar-refractivity contribution < 1.29 is 0 Å². The van der Waals surface area contributed by atoms with Crippen molar-refractivity contribution in [1.82, 2.24) is 14.5 Å². The van der Waals surface area contributed by atoms with Gasteiger partial charge in [-0.2, -0.15) is 0 Å². The molecule has 0 aliphatic heterocycles. The van der Waals surface area contributed by atoms with Crippen LogP contribution in [0.2, 0.25) is 0 Å². The Morgan fingerprint density at radius 1 is 1.25 bits per heavy atom. The van der Waals surface area contributed by atoms with E-state index in [1.807, 2.05) is 24.4 Å². The lowest BCUT2D eigenvalue weighted by atomic mass is 10.1. The van der Waals surface area contributed by atoms with E-state index in [2.05, 4.69) is 34.4 Å². The zero-order valence-corrected chi connectivity index (χ0v) is 12.6. The molecular weight excluding hydrogens is 270 g/mol. The van der Waals surface area contributed by atoms with Crippen molar-refractivity contribution in [2.45, 2.75) is 38.6 Å². The minimum Gasteiger partial charge on any atom is -0.324 e. The summed E-state index contributed by atoms with van der Waals surface area (Å²) in [5.41, 5.74) is 3.10. The van der Waals surface area contributed by atoms with E-state index in [9.17, 15) is 0 Å². The van der Waals surface area contributed by atoms with Crippen LogP contribution < -0.4 is 0 Å². The van der Waals surface area contributed by atoms with Crippen molar-refractivity contribution in [3.8, 4) is 0 Å². The Balaban J connectivity index is 2.36. The van der Waals surface area contributed by atoms with Crippen LogP contribution in [0.3, 0.4) is 0 Å². The summed E-state index contributed by atoms with van der Waals surface area (Å²) in [6, 6.07) is 8.60. The fraction of sp³-hybridized carbons (Fsp3) is 0.375. The average Bonchev–Trinajstić information content (AvgIpc) is 2.86. The van der Waals surface area contributed by atoms with Gasteiger partial charge in [-0.05, 0) is 19.4 Å². The number of imidazole rings is 1. The van der Waals surface area contributed by atoms with Gasteiger partial charge in [0.05, 0.1) is 23.1 Å². The van der Waals surface area contributed by atoms with Gasteiger partial charge in [0.1, 0.15) is 11.3 Å². The van der Waals surface area contributed by atoms with E-state index >= 15 is 0 Å². The van der Waals surface area contributed by atoms with E-state index in [1.54, 1.807) is 0 Å². The van der Waals surface area contributed by atoms with E-state index in [0.29, 0.717) is 11.9 Å². The molecule has 4 heteroatoms. The number of pyridine rings is 1. The molecule has 0 aliphatic rings. The van der Waals surface area contributed by atoms with E-state index < -0.39 is 0 Å². The van der Waals surface area contributed by atoms with Gasteiger partial charge in [-0.3, -0.25) is 4.98 Å². The first kappa shape index (κ1) is 13.4. The second-order valence-corrected chi connectivity index (χ2v) is 5.45. The smallest absolute Gasteiger partial charge is 0.125 e. The summed E-state index contributed by atoms with van der Waals surface area (Å²) < 4.78 is 2.29. The van der Waals surface area contributed by atoms with Gasteiger partial charge >= 0.3 is 0 Å². The molecule has 1 atom stereocenters. The second-order valence-electron chi connectivity index (χ2n) is 5.18. The molecule has 0 fully saturated rings. The third-order valence-electron chi connectivity index (χ3n) is 3.76. The van der Waals surface area contributed by atoms with Crippen LogP contribution in [0.1, 0.15) is 38.6 Å². The van der Waals surface area contributed by atoms with Crippen molar-refractivity contribution in [1.29, 1.82) is 0 Å². The average molecular weight is 288 g/mol. The summed E-state index contributed by atoms with van der Waals surface area (Å²) in [5, 5.41) is 1.15. The molecule has 0 N–H and O–H groups in total. The van der Waals surface area contributed by atoms with Crippen molar-refractivity contribution in [3.63, 3.8) is 0 Å². The Morgan fingerprint density at radius 2 is 2.05 bits per heavy atom. The molecule has 0 saturated carbocycles. The number of halogens is 1. The number of nitrogens with zero attached hydrogens (tertiary/aromatic N) is 3. The summed E-state index contributed by atoms with van der Waals surface area (Å²) in [4.78, 5) is 9.14. The molecule has 0 saturated heterocycles. The van der Waals surface area contributed by atoms with Crippen LogP contribution in [-0.4, -0.2) is 14.5 Å². The first-order chi connectivity index (χ1) is 9.76. The summed E-state index contributed by atoms with van der Waals surface area (Å²) in [7, 11) is 0. The summed E-state index contributed by atoms with van der Waals surface area (Å²) in [6.45, 7) is 4.44. The largest absolute Gasteiger partial charge is 0.324 e. The number of benzene rings is 1. The zero-order valence-electron chi connectivity index (χ0n) is 11.8. The topological polar surface area (TPSA) is 30.7 Å². The normalized spacial score (nSPS) is 13.2. The number of fused-ring (bicyclic) bond motifs is 3. The number of hydrogen-bond donors (Lipinski definition) is 0. The van der Waals surface area contributed by atoms with Crippen LogP contribution >= 0.6 is 11.6 Å². The molecule has 1 aromatic carbocycles. The van der Waals surface area contributed by atoms with Crippen molar-refractivity contribution in [2.75, 3.05) is 0 Å². The molecule has 0 radical (unpaired) electrons. The Hall–Kier alpha value is -1.61. The summed E-state index contributed by atoms with van der Waals surface area (Å²) in [5.74, 6) is 1.36. The van der Waals surface area contributed by atoms with Gasteiger partial charge in [-0.15, -0.1) is 11.6 Å². The maximum Gasteiger partial charge on any atom is 0.125 e. The van der Waals surface area contributed by atoms with Crippen LogP contribution in [0.25, 0.3) is 21.9 Å². The van der Waals surface area contributed by atoms with Crippen LogP contribution in [0.15, 0.2) is 30.5 Å². The fourth-order valence-corrected chi connectivity index (χ4v) is 3.08. The van der Waals surface area contributed by atoms with Crippen molar-refractivity contribution in [2.24, 2.45) is 0 Å². The zero-order chi connectivity index (χ0) is 14.1. The fourth-order valence-electron chi connectivity index (χ4n) is 2.89. The predicted octanol–water partition coefficient (Wildman–Crippen LogP) is 4.68. The highest BCUT2D eigenvalue weighted by Crippen LogP contribution is 2.29. The van der Waals surface area contributed by atoms with Crippen molar-refractivity contribution >= 4 is 33.5 Å². The molecule has 0 aliphatic carbocycles. The number of para-hydroxylation sites is 1. The molecule has 104 valence electrons. The maximum atomic E-state index is 6.10. The molecule has 2 heterocycles. The van der Waals surface area contributed by atoms with Crippen LogP contribution in [0.4, 0.5) is 0 Å². The van der Waals surface area contributed by atoms with E-state index in [-0.39, 0.29) is 0 Å². The molecule has 1 unspecified atom stereocenters. The lowest BCUT2D eigenvalue weighted by molar-refractivity contribution is 0.501. The lowest BCUT2D eigenvalue weighted by Gasteiger charge is -2.17. The molecular formula is C16H18ClN3. The van der Waals surface area contributed by atoms with Crippen molar-refractivity contribution in [3.05, 3.63) is 36.3 Å². The standard InChI is InChI=1S/C16H18ClN3/c1-3-6-11(2)20-15(9-17)19-14-10-18-13-8-5-4-7-12(13)16(14)20/h4-5,7-8,10-11H,3,6,9H2,1-2H3. The van der Waals surface area contributed by atoms with Crippen LogP contribution in [0, 0.1) is 0 Å². The highest BCUT2D eigenvalue weighted by atomic mass is 35.5. The highest BCUT2D eigenvalue weighted by molar-refractivity contribution is 6.17. The Labute approximate surface area is 123 Å². The van der Waals surface area contributed by atoms with Crippen LogP contribution in [-0.2, 0) is 5.88 Å². The molecule has 0 spiro atoms. The van der Waals surface area contributed by atoms with Gasteiger partial charge in [-0.25, -0.2) is 4.98 Å². The molecule has 2 aromatic heterocycles. The van der Waals surface area contributed by atoms with Gasteiger partial charge < -0.3 is 4.57 Å². The molecule has 20 heavy (non-hydrogen) atoms. The number of aromatic nitrogens is 3. The molecule has 0 amide bonds. The van der Waals surface area contributed by atoms with Crippen LogP contribution in [0.5, 0.6) is 0 Å². The molecule has 3 aromatic rings. The summed E-state index contributed by atoms with van der Waals surface area (Å²) in [6.07, 6.45) is 4.11.